The normalized spacial score (nSPS) is 20.6. The van der Waals surface area contributed by atoms with Crippen LogP contribution in [0, 0.1) is 5.92 Å². The fourth-order valence-corrected chi connectivity index (χ4v) is 2.85. The van der Waals surface area contributed by atoms with E-state index in [0.717, 1.165) is 35.5 Å². The molecule has 1 aliphatic heterocycles. The Kier molecular flexibility index (Phi) is 4.29. The van der Waals surface area contributed by atoms with E-state index in [1.165, 1.54) is 12.8 Å². The predicted molar refractivity (Wildman–Crippen MR) is 75.4 cm³/mol. The van der Waals surface area contributed by atoms with Gasteiger partial charge in [0, 0.05) is 24.7 Å². The molecule has 1 fully saturated rings. The van der Waals surface area contributed by atoms with Crippen LogP contribution in [0.5, 0.6) is 0 Å². The molecule has 17 heavy (non-hydrogen) atoms. The second-order valence-corrected chi connectivity index (χ2v) is 5.53. The molecule has 0 bridgehead atoms. The van der Waals surface area contributed by atoms with Crippen LogP contribution in [0.4, 0.5) is 11.4 Å². The molecule has 1 heterocycles. The molecule has 0 saturated carbocycles. The number of nitrogen functional groups attached to an aromatic ring is 1. The lowest BCUT2D eigenvalue weighted by Gasteiger charge is -2.34. The standard InChI is InChI=1S/C13H19BrN2O/c1-17-9-10-3-2-6-16(8-10)13-5-4-11(14)7-12(13)15/h4-5,7,10H,2-3,6,8-9,15H2,1H3. The summed E-state index contributed by atoms with van der Waals surface area (Å²) in [5.74, 6) is 0.622. The lowest BCUT2D eigenvalue weighted by molar-refractivity contribution is 0.143. The second-order valence-electron chi connectivity index (χ2n) is 4.61. The molecule has 0 amide bonds. The van der Waals surface area contributed by atoms with Gasteiger partial charge in [-0.25, -0.2) is 0 Å². The number of methoxy groups -OCH3 is 1. The van der Waals surface area contributed by atoms with Crippen LogP contribution in [0.1, 0.15) is 12.8 Å². The molecule has 2 rings (SSSR count). The van der Waals surface area contributed by atoms with Gasteiger partial charge in [0.05, 0.1) is 18.0 Å². The summed E-state index contributed by atoms with van der Waals surface area (Å²) < 4.78 is 6.28. The summed E-state index contributed by atoms with van der Waals surface area (Å²) in [6.07, 6.45) is 2.46. The van der Waals surface area contributed by atoms with Gasteiger partial charge in [-0.3, -0.25) is 0 Å². The second kappa shape index (κ2) is 5.74. The van der Waals surface area contributed by atoms with E-state index < -0.39 is 0 Å². The fraction of sp³-hybridized carbons (Fsp3) is 0.538. The van der Waals surface area contributed by atoms with Gasteiger partial charge in [-0.05, 0) is 37.0 Å². The third kappa shape index (κ3) is 3.13. The molecule has 1 aromatic carbocycles. The molecule has 4 heteroatoms. The van der Waals surface area contributed by atoms with Gasteiger partial charge in [0.2, 0.25) is 0 Å². The van der Waals surface area contributed by atoms with Crippen molar-refractivity contribution >= 4 is 27.3 Å². The van der Waals surface area contributed by atoms with E-state index in [1.54, 1.807) is 7.11 Å². The first-order valence-electron chi connectivity index (χ1n) is 5.99. The maximum Gasteiger partial charge on any atom is 0.0600 e. The number of piperidine rings is 1. The van der Waals surface area contributed by atoms with Gasteiger partial charge in [-0.2, -0.15) is 0 Å². The van der Waals surface area contributed by atoms with Crippen molar-refractivity contribution in [2.75, 3.05) is 37.4 Å². The molecule has 0 radical (unpaired) electrons. The number of nitrogens with zero attached hydrogens (tertiary/aromatic N) is 1. The van der Waals surface area contributed by atoms with E-state index in [4.69, 9.17) is 10.5 Å². The molecule has 0 spiro atoms. The Morgan fingerprint density at radius 1 is 1.53 bits per heavy atom. The number of rotatable bonds is 3. The van der Waals surface area contributed by atoms with Crippen molar-refractivity contribution < 1.29 is 4.74 Å². The predicted octanol–water partition coefficient (Wildman–Crippen LogP) is 2.89. The largest absolute Gasteiger partial charge is 0.397 e. The van der Waals surface area contributed by atoms with Crippen molar-refractivity contribution in [1.82, 2.24) is 0 Å². The van der Waals surface area contributed by atoms with Crippen LogP contribution in [0.25, 0.3) is 0 Å². The van der Waals surface area contributed by atoms with Crippen LogP contribution in [-0.4, -0.2) is 26.8 Å². The van der Waals surface area contributed by atoms with E-state index in [0.29, 0.717) is 5.92 Å². The molecule has 0 aliphatic carbocycles. The number of hydrogen-bond acceptors (Lipinski definition) is 3. The van der Waals surface area contributed by atoms with Crippen molar-refractivity contribution in [3.8, 4) is 0 Å². The van der Waals surface area contributed by atoms with Gasteiger partial charge in [-0.15, -0.1) is 0 Å². The van der Waals surface area contributed by atoms with Gasteiger partial charge < -0.3 is 15.4 Å². The zero-order valence-electron chi connectivity index (χ0n) is 10.2. The van der Waals surface area contributed by atoms with E-state index >= 15 is 0 Å². The first-order valence-corrected chi connectivity index (χ1v) is 6.79. The van der Waals surface area contributed by atoms with Crippen molar-refractivity contribution in [2.24, 2.45) is 5.92 Å². The minimum absolute atomic E-state index is 0.622. The van der Waals surface area contributed by atoms with E-state index in [9.17, 15) is 0 Å². The van der Waals surface area contributed by atoms with E-state index in [1.807, 2.05) is 12.1 Å². The summed E-state index contributed by atoms with van der Waals surface area (Å²) in [6.45, 7) is 2.97. The zero-order chi connectivity index (χ0) is 12.3. The third-order valence-electron chi connectivity index (χ3n) is 3.25. The zero-order valence-corrected chi connectivity index (χ0v) is 11.7. The molecular formula is C13H19BrN2O. The molecule has 3 nitrogen and oxygen atoms in total. The molecule has 1 aromatic rings. The van der Waals surface area contributed by atoms with Gasteiger partial charge in [0.15, 0.2) is 0 Å². The summed E-state index contributed by atoms with van der Waals surface area (Å²) in [5, 5.41) is 0. The highest BCUT2D eigenvalue weighted by Crippen LogP contribution is 2.30. The number of ether oxygens (including phenoxy) is 1. The average molecular weight is 299 g/mol. The van der Waals surface area contributed by atoms with Crippen LogP contribution in [0.15, 0.2) is 22.7 Å². The Labute approximate surface area is 111 Å². The molecule has 1 unspecified atom stereocenters. The molecule has 0 aromatic heterocycles. The maximum absolute atomic E-state index is 6.07. The SMILES string of the molecule is COCC1CCCN(c2ccc(Br)cc2N)C1. The van der Waals surface area contributed by atoms with Gasteiger partial charge in [-0.1, -0.05) is 15.9 Å². The van der Waals surface area contributed by atoms with Crippen molar-refractivity contribution in [1.29, 1.82) is 0 Å². The Balaban J connectivity index is 2.10. The van der Waals surface area contributed by atoms with Crippen LogP contribution in [-0.2, 0) is 4.74 Å². The number of anilines is 2. The third-order valence-corrected chi connectivity index (χ3v) is 3.74. The van der Waals surface area contributed by atoms with Crippen molar-refractivity contribution in [3.05, 3.63) is 22.7 Å². The van der Waals surface area contributed by atoms with Crippen LogP contribution >= 0.6 is 15.9 Å². The Morgan fingerprint density at radius 3 is 3.06 bits per heavy atom. The van der Waals surface area contributed by atoms with Crippen LogP contribution in [0.2, 0.25) is 0 Å². The van der Waals surface area contributed by atoms with E-state index in [-0.39, 0.29) is 0 Å². The van der Waals surface area contributed by atoms with E-state index in [2.05, 4.69) is 26.9 Å². The number of hydrogen-bond donors (Lipinski definition) is 1. The lowest BCUT2D eigenvalue weighted by atomic mass is 9.98. The van der Waals surface area contributed by atoms with Crippen LogP contribution in [0.3, 0.4) is 0 Å². The Bertz CT molecular complexity index is 382. The smallest absolute Gasteiger partial charge is 0.0600 e. The average Bonchev–Trinajstić information content (AvgIpc) is 2.29. The highest BCUT2D eigenvalue weighted by Gasteiger charge is 2.21. The molecular weight excluding hydrogens is 280 g/mol. The van der Waals surface area contributed by atoms with Gasteiger partial charge >= 0.3 is 0 Å². The van der Waals surface area contributed by atoms with Crippen molar-refractivity contribution in [3.63, 3.8) is 0 Å². The molecule has 1 saturated heterocycles. The summed E-state index contributed by atoms with van der Waals surface area (Å²) >= 11 is 3.44. The summed E-state index contributed by atoms with van der Waals surface area (Å²) in [7, 11) is 1.77. The first kappa shape index (κ1) is 12.7. The monoisotopic (exact) mass is 298 g/mol. The lowest BCUT2D eigenvalue weighted by Crippen LogP contribution is -2.37. The number of halogens is 1. The summed E-state index contributed by atoms with van der Waals surface area (Å²) in [4.78, 5) is 2.37. The number of nitrogens with two attached hydrogens (primary N) is 1. The van der Waals surface area contributed by atoms with Crippen molar-refractivity contribution in [2.45, 2.75) is 12.8 Å². The molecule has 1 atom stereocenters. The van der Waals surface area contributed by atoms with Gasteiger partial charge in [0.1, 0.15) is 0 Å². The van der Waals surface area contributed by atoms with Gasteiger partial charge in [0.25, 0.3) is 0 Å². The maximum atomic E-state index is 6.07. The first-order chi connectivity index (χ1) is 8.20. The quantitative estimate of drug-likeness (QED) is 0.872. The molecule has 94 valence electrons. The number of benzene rings is 1. The fourth-order valence-electron chi connectivity index (χ4n) is 2.47. The minimum atomic E-state index is 0.622. The van der Waals surface area contributed by atoms with Crippen LogP contribution < -0.4 is 10.6 Å². The molecule has 2 N–H and O–H groups in total. The summed E-state index contributed by atoms with van der Waals surface area (Å²) in [5.41, 5.74) is 8.06. The highest BCUT2D eigenvalue weighted by atomic mass is 79.9. The Hall–Kier alpha value is -0.740. The minimum Gasteiger partial charge on any atom is -0.397 e. The summed E-state index contributed by atoms with van der Waals surface area (Å²) in [6, 6.07) is 6.11. The molecule has 1 aliphatic rings. The highest BCUT2D eigenvalue weighted by molar-refractivity contribution is 9.10. The topological polar surface area (TPSA) is 38.5 Å². The Morgan fingerprint density at radius 2 is 2.35 bits per heavy atom.